The molecule has 0 aliphatic heterocycles. The topological polar surface area (TPSA) is 51.8 Å². The van der Waals surface area contributed by atoms with Crippen molar-refractivity contribution < 1.29 is 0 Å². The third kappa shape index (κ3) is 3.75. The molecule has 0 spiro atoms. The Morgan fingerprint density at radius 3 is 2.74 bits per heavy atom. The van der Waals surface area contributed by atoms with Crippen molar-refractivity contribution >= 4 is 11.6 Å². The van der Waals surface area contributed by atoms with Gasteiger partial charge in [-0.3, -0.25) is 0 Å². The first-order valence-electron chi connectivity index (χ1n) is 6.44. The van der Waals surface area contributed by atoms with Gasteiger partial charge in [-0.1, -0.05) is 30.7 Å². The lowest BCUT2D eigenvalue weighted by atomic mass is 10.1. The highest BCUT2D eigenvalue weighted by Gasteiger charge is 2.08. The van der Waals surface area contributed by atoms with Crippen LogP contribution in [0.2, 0.25) is 5.02 Å². The molecular formula is C15H18ClN3. The molecule has 0 aliphatic carbocycles. The highest BCUT2D eigenvalue weighted by atomic mass is 35.5. The van der Waals surface area contributed by atoms with Crippen LogP contribution in [-0.4, -0.2) is 16.0 Å². The second-order valence-corrected chi connectivity index (χ2v) is 5.14. The molecule has 2 N–H and O–H groups in total. The van der Waals surface area contributed by atoms with Gasteiger partial charge < -0.3 is 5.73 Å². The van der Waals surface area contributed by atoms with Crippen molar-refractivity contribution in [2.24, 2.45) is 5.73 Å². The lowest BCUT2D eigenvalue weighted by Gasteiger charge is -2.10. The molecule has 3 nitrogen and oxygen atoms in total. The minimum atomic E-state index is 0.140. The average molecular weight is 276 g/mol. The van der Waals surface area contributed by atoms with Crippen molar-refractivity contribution in [2.45, 2.75) is 32.7 Å². The standard InChI is InChI=1S/C15H18ClN3/c1-3-13(17)9-14-7-10(2)18-15(19-14)11-5-4-6-12(16)8-11/h4-8,13H,3,9,17H2,1-2H3. The molecule has 0 saturated heterocycles. The van der Waals surface area contributed by atoms with Crippen LogP contribution in [0.3, 0.4) is 0 Å². The van der Waals surface area contributed by atoms with Crippen LogP contribution >= 0.6 is 11.6 Å². The molecule has 0 amide bonds. The molecule has 1 atom stereocenters. The maximum absolute atomic E-state index is 6.01. The summed E-state index contributed by atoms with van der Waals surface area (Å²) in [6.45, 7) is 4.05. The number of hydrogen-bond donors (Lipinski definition) is 1. The molecule has 0 saturated carbocycles. The van der Waals surface area contributed by atoms with E-state index >= 15 is 0 Å². The second kappa shape index (κ2) is 6.13. The van der Waals surface area contributed by atoms with Gasteiger partial charge in [-0.15, -0.1) is 0 Å². The summed E-state index contributed by atoms with van der Waals surface area (Å²) >= 11 is 6.01. The third-order valence-corrected chi connectivity index (χ3v) is 3.22. The minimum absolute atomic E-state index is 0.140. The summed E-state index contributed by atoms with van der Waals surface area (Å²) in [7, 11) is 0. The van der Waals surface area contributed by atoms with Crippen LogP contribution in [0.4, 0.5) is 0 Å². The van der Waals surface area contributed by atoms with Gasteiger partial charge in [-0.2, -0.15) is 0 Å². The zero-order chi connectivity index (χ0) is 13.8. The summed E-state index contributed by atoms with van der Waals surface area (Å²) in [5.74, 6) is 0.709. The van der Waals surface area contributed by atoms with E-state index in [1.807, 2.05) is 37.3 Å². The number of hydrogen-bond acceptors (Lipinski definition) is 3. The largest absolute Gasteiger partial charge is 0.327 e. The molecule has 1 aromatic carbocycles. The summed E-state index contributed by atoms with van der Waals surface area (Å²) in [5.41, 5.74) is 8.85. The Kier molecular flexibility index (Phi) is 4.51. The number of benzene rings is 1. The Labute approximate surface area is 118 Å². The van der Waals surface area contributed by atoms with Crippen LogP contribution in [0.1, 0.15) is 24.7 Å². The number of nitrogens with zero attached hydrogens (tertiary/aromatic N) is 2. The van der Waals surface area contributed by atoms with E-state index in [1.54, 1.807) is 0 Å². The number of halogens is 1. The van der Waals surface area contributed by atoms with E-state index in [1.165, 1.54) is 0 Å². The molecule has 1 heterocycles. The van der Waals surface area contributed by atoms with E-state index in [0.29, 0.717) is 10.8 Å². The number of nitrogens with two attached hydrogens (primary N) is 1. The van der Waals surface area contributed by atoms with Gasteiger partial charge in [0.1, 0.15) is 0 Å². The fourth-order valence-electron chi connectivity index (χ4n) is 1.91. The Bertz CT molecular complexity index is 569. The van der Waals surface area contributed by atoms with Gasteiger partial charge in [0.25, 0.3) is 0 Å². The quantitative estimate of drug-likeness (QED) is 0.931. The summed E-state index contributed by atoms with van der Waals surface area (Å²) < 4.78 is 0. The van der Waals surface area contributed by atoms with Crippen LogP contribution in [0.5, 0.6) is 0 Å². The fraction of sp³-hybridized carbons (Fsp3) is 0.333. The van der Waals surface area contributed by atoms with Crippen molar-refractivity contribution in [3.8, 4) is 11.4 Å². The van der Waals surface area contributed by atoms with Gasteiger partial charge in [-0.05, 0) is 31.5 Å². The van der Waals surface area contributed by atoms with E-state index < -0.39 is 0 Å². The van der Waals surface area contributed by atoms with Gasteiger partial charge in [0.05, 0.1) is 0 Å². The lowest BCUT2D eigenvalue weighted by Crippen LogP contribution is -2.22. The van der Waals surface area contributed by atoms with Crippen LogP contribution in [0.15, 0.2) is 30.3 Å². The zero-order valence-corrected chi connectivity index (χ0v) is 12.0. The summed E-state index contributed by atoms with van der Waals surface area (Å²) in [5, 5.41) is 0.689. The van der Waals surface area contributed by atoms with E-state index in [0.717, 1.165) is 29.8 Å². The Morgan fingerprint density at radius 1 is 1.26 bits per heavy atom. The highest BCUT2D eigenvalue weighted by Crippen LogP contribution is 2.20. The first kappa shape index (κ1) is 14.0. The predicted octanol–water partition coefficient (Wildman–Crippen LogP) is 3.39. The number of aromatic nitrogens is 2. The van der Waals surface area contributed by atoms with Gasteiger partial charge in [-0.25, -0.2) is 9.97 Å². The summed E-state index contributed by atoms with van der Waals surface area (Å²) in [6, 6.07) is 9.71. The lowest BCUT2D eigenvalue weighted by molar-refractivity contribution is 0.635. The molecule has 100 valence electrons. The second-order valence-electron chi connectivity index (χ2n) is 4.71. The average Bonchev–Trinajstić information content (AvgIpc) is 2.38. The zero-order valence-electron chi connectivity index (χ0n) is 11.2. The molecule has 2 rings (SSSR count). The predicted molar refractivity (Wildman–Crippen MR) is 79.2 cm³/mol. The molecule has 0 fully saturated rings. The first-order chi connectivity index (χ1) is 9.08. The number of rotatable bonds is 4. The first-order valence-corrected chi connectivity index (χ1v) is 6.82. The van der Waals surface area contributed by atoms with Crippen molar-refractivity contribution in [2.75, 3.05) is 0 Å². The van der Waals surface area contributed by atoms with E-state index in [9.17, 15) is 0 Å². The number of aryl methyl sites for hydroxylation is 1. The Balaban J connectivity index is 2.36. The smallest absolute Gasteiger partial charge is 0.159 e. The Morgan fingerprint density at radius 2 is 2.05 bits per heavy atom. The van der Waals surface area contributed by atoms with Gasteiger partial charge >= 0.3 is 0 Å². The van der Waals surface area contributed by atoms with Crippen LogP contribution in [0, 0.1) is 6.92 Å². The van der Waals surface area contributed by atoms with Crippen LogP contribution in [-0.2, 0) is 6.42 Å². The van der Waals surface area contributed by atoms with E-state index in [-0.39, 0.29) is 6.04 Å². The molecule has 0 aliphatic rings. The molecule has 19 heavy (non-hydrogen) atoms. The van der Waals surface area contributed by atoms with Crippen LogP contribution < -0.4 is 5.73 Å². The monoisotopic (exact) mass is 275 g/mol. The molecule has 0 bridgehead atoms. The van der Waals surface area contributed by atoms with Crippen molar-refractivity contribution in [3.05, 3.63) is 46.7 Å². The SMILES string of the molecule is CCC(N)Cc1cc(C)nc(-c2cccc(Cl)c2)n1. The van der Waals surface area contributed by atoms with E-state index in [4.69, 9.17) is 17.3 Å². The van der Waals surface area contributed by atoms with Gasteiger partial charge in [0.2, 0.25) is 0 Å². The molecule has 1 unspecified atom stereocenters. The highest BCUT2D eigenvalue weighted by molar-refractivity contribution is 6.30. The minimum Gasteiger partial charge on any atom is -0.327 e. The fourth-order valence-corrected chi connectivity index (χ4v) is 2.10. The van der Waals surface area contributed by atoms with Crippen molar-refractivity contribution in [1.82, 2.24) is 9.97 Å². The molecular weight excluding hydrogens is 258 g/mol. The molecule has 2 aromatic rings. The summed E-state index contributed by atoms with van der Waals surface area (Å²) in [4.78, 5) is 9.05. The normalized spacial score (nSPS) is 12.4. The molecule has 0 radical (unpaired) electrons. The Hall–Kier alpha value is -1.45. The maximum Gasteiger partial charge on any atom is 0.159 e. The summed E-state index contributed by atoms with van der Waals surface area (Å²) in [6.07, 6.45) is 1.71. The van der Waals surface area contributed by atoms with E-state index in [2.05, 4.69) is 16.9 Å². The van der Waals surface area contributed by atoms with Crippen molar-refractivity contribution in [1.29, 1.82) is 0 Å². The van der Waals surface area contributed by atoms with Gasteiger partial charge in [0, 0.05) is 34.4 Å². The van der Waals surface area contributed by atoms with Crippen molar-refractivity contribution in [3.63, 3.8) is 0 Å². The molecule has 1 aromatic heterocycles. The molecule has 4 heteroatoms. The van der Waals surface area contributed by atoms with Gasteiger partial charge in [0.15, 0.2) is 5.82 Å². The van der Waals surface area contributed by atoms with Crippen LogP contribution in [0.25, 0.3) is 11.4 Å². The maximum atomic E-state index is 6.01. The third-order valence-electron chi connectivity index (χ3n) is 2.99.